The largest absolute Gasteiger partial charge is 0.493 e. The third-order valence-corrected chi connectivity index (χ3v) is 8.00. The Kier molecular flexibility index (Phi) is 9.26. The molecule has 2 saturated heterocycles. The molecule has 0 bridgehead atoms. The number of nitrogens with one attached hydrogen (secondary N) is 2. The molecule has 10 heteroatoms. The van der Waals surface area contributed by atoms with Gasteiger partial charge in [-0.15, -0.1) is 0 Å². The van der Waals surface area contributed by atoms with Crippen molar-refractivity contribution in [1.82, 2.24) is 30.5 Å². The Morgan fingerprint density at radius 2 is 2.00 bits per heavy atom. The van der Waals surface area contributed by atoms with Crippen molar-refractivity contribution in [2.75, 3.05) is 57.9 Å². The van der Waals surface area contributed by atoms with Crippen molar-refractivity contribution >= 4 is 34.1 Å². The minimum absolute atomic E-state index is 0.671. The number of thiocarbonyl (C=S) groups is 1. The van der Waals surface area contributed by atoms with Crippen LogP contribution in [0.25, 0.3) is 10.9 Å². The molecule has 0 radical (unpaired) electrons. The van der Waals surface area contributed by atoms with Crippen LogP contribution in [0.15, 0.2) is 36.8 Å². The van der Waals surface area contributed by atoms with Crippen LogP contribution in [0.3, 0.4) is 0 Å². The zero-order valence-electron chi connectivity index (χ0n) is 23.0. The van der Waals surface area contributed by atoms with Crippen molar-refractivity contribution in [2.45, 2.75) is 39.2 Å². The van der Waals surface area contributed by atoms with Gasteiger partial charge in [-0.3, -0.25) is 4.98 Å². The predicted octanol–water partition coefficient (Wildman–Crippen LogP) is 3.70. The van der Waals surface area contributed by atoms with Crippen LogP contribution in [0.1, 0.15) is 36.9 Å². The van der Waals surface area contributed by atoms with Gasteiger partial charge in [-0.1, -0.05) is 6.07 Å². The summed E-state index contributed by atoms with van der Waals surface area (Å²) in [5, 5.41) is 8.60. The average Bonchev–Trinajstić information content (AvgIpc) is 2.98. The van der Waals surface area contributed by atoms with Gasteiger partial charge >= 0.3 is 0 Å². The maximum atomic E-state index is 6.16. The lowest BCUT2D eigenvalue weighted by Gasteiger charge is -2.37. The Balaban J connectivity index is 1.18. The molecule has 3 aromatic rings. The van der Waals surface area contributed by atoms with Crippen LogP contribution in [-0.4, -0.2) is 77.9 Å². The quantitative estimate of drug-likeness (QED) is 0.304. The van der Waals surface area contributed by atoms with Crippen LogP contribution in [-0.2, 0) is 6.54 Å². The third kappa shape index (κ3) is 7.05. The van der Waals surface area contributed by atoms with Crippen LogP contribution >= 0.6 is 12.2 Å². The lowest BCUT2D eigenvalue weighted by Crippen LogP contribution is -2.51. The van der Waals surface area contributed by atoms with Crippen molar-refractivity contribution in [3.05, 3.63) is 48.0 Å². The summed E-state index contributed by atoms with van der Waals surface area (Å²) in [7, 11) is 1.69. The van der Waals surface area contributed by atoms with E-state index < -0.39 is 0 Å². The van der Waals surface area contributed by atoms with E-state index in [1.54, 1.807) is 13.4 Å². The number of hydrogen-bond acceptors (Lipinski definition) is 8. The van der Waals surface area contributed by atoms with E-state index in [4.69, 9.17) is 21.7 Å². The van der Waals surface area contributed by atoms with Crippen LogP contribution in [0.5, 0.6) is 11.5 Å². The fourth-order valence-corrected chi connectivity index (χ4v) is 5.57. The number of ether oxygens (including phenoxy) is 2. The van der Waals surface area contributed by atoms with Gasteiger partial charge in [0.2, 0.25) is 0 Å². The molecule has 4 heterocycles. The predicted molar refractivity (Wildman–Crippen MR) is 159 cm³/mol. The summed E-state index contributed by atoms with van der Waals surface area (Å²) in [5.41, 5.74) is 2.99. The smallest absolute Gasteiger partial charge is 0.169 e. The molecule has 1 atom stereocenters. The number of rotatable bonds is 9. The molecular weight excluding hydrogens is 510 g/mol. The summed E-state index contributed by atoms with van der Waals surface area (Å²) in [5.74, 6) is 3.13. The summed E-state index contributed by atoms with van der Waals surface area (Å²) in [6.45, 7) is 8.88. The first-order valence-corrected chi connectivity index (χ1v) is 14.4. The van der Waals surface area contributed by atoms with Crippen molar-refractivity contribution in [3.63, 3.8) is 0 Å². The van der Waals surface area contributed by atoms with Crippen molar-refractivity contribution in [1.29, 1.82) is 0 Å². The second-order valence-electron chi connectivity index (χ2n) is 10.4. The van der Waals surface area contributed by atoms with E-state index in [0.717, 1.165) is 90.4 Å². The molecule has 0 saturated carbocycles. The minimum Gasteiger partial charge on any atom is -0.493 e. The number of piperazine rings is 1. The first-order chi connectivity index (χ1) is 19.1. The molecule has 1 unspecified atom stereocenters. The van der Waals surface area contributed by atoms with E-state index in [0.29, 0.717) is 18.9 Å². The molecule has 0 amide bonds. The fourth-order valence-electron chi connectivity index (χ4n) is 5.31. The zero-order valence-corrected chi connectivity index (χ0v) is 23.8. The van der Waals surface area contributed by atoms with Crippen LogP contribution < -0.4 is 25.0 Å². The Morgan fingerprint density at radius 1 is 1.13 bits per heavy atom. The van der Waals surface area contributed by atoms with Crippen LogP contribution in [0.2, 0.25) is 0 Å². The number of aromatic nitrogens is 3. The molecule has 0 aliphatic carbocycles. The second kappa shape index (κ2) is 13.2. The molecule has 2 aromatic heterocycles. The molecule has 1 aromatic carbocycles. The molecule has 2 fully saturated rings. The van der Waals surface area contributed by atoms with E-state index in [-0.39, 0.29) is 0 Å². The number of methoxy groups -OCH3 is 1. The topological polar surface area (TPSA) is 87.7 Å². The van der Waals surface area contributed by atoms with Gasteiger partial charge in [-0.05, 0) is 81.5 Å². The Morgan fingerprint density at radius 3 is 2.74 bits per heavy atom. The number of nitrogens with zero attached hydrogens (tertiary/aromatic N) is 5. The summed E-state index contributed by atoms with van der Waals surface area (Å²) < 4.78 is 11.9. The van der Waals surface area contributed by atoms with Crippen LogP contribution in [0.4, 0.5) is 5.82 Å². The van der Waals surface area contributed by atoms with Gasteiger partial charge in [0.25, 0.3) is 0 Å². The molecule has 208 valence electrons. The Hall–Kier alpha value is -3.24. The maximum Gasteiger partial charge on any atom is 0.169 e. The summed E-state index contributed by atoms with van der Waals surface area (Å²) in [6, 6.07) is 8.09. The number of fused-ring (bicyclic) bond motifs is 1. The lowest BCUT2D eigenvalue weighted by atomic mass is 9.95. The van der Waals surface area contributed by atoms with Crippen LogP contribution in [0, 0.1) is 12.8 Å². The van der Waals surface area contributed by atoms with Gasteiger partial charge in [0.05, 0.1) is 19.2 Å². The molecule has 2 aliphatic heterocycles. The number of anilines is 1. The molecule has 5 rings (SSSR count). The van der Waals surface area contributed by atoms with Gasteiger partial charge in [0.15, 0.2) is 16.6 Å². The monoisotopic (exact) mass is 549 g/mol. The SMILES string of the molecule is COc1cc2c(N3CCN(C(=S)NCc4ccc(C)nc4)CC3)ncnc2cc1OCCCC1CCCNC1. The Bertz CT molecular complexity index is 1240. The van der Waals surface area contributed by atoms with Gasteiger partial charge in [-0.2, -0.15) is 0 Å². The van der Waals surface area contributed by atoms with Gasteiger partial charge in [0, 0.05) is 56.1 Å². The molecule has 9 nitrogen and oxygen atoms in total. The standard InChI is InChI=1S/C29H39N7O2S/c1-21-7-8-23(18-31-21)19-32-29(39)36-12-10-35(11-13-36)28-24-15-26(37-2)27(16-25(24)33-20-34-28)38-14-4-6-22-5-3-9-30-17-22/h7-8,15-16,18,20,22,30H,3-6,9-14,17,19H2,1-2H3,(H,32,39). The van der Waals surface area contributed by atoms with Crippen molar-refractivity contribution in [3.8, 4) is 11.5 Å². The van der Waals surface area contributed by atoms with E-state index >= 15 is 0 Å². The first-order valence-electron chi connectivity index (χ1n) is 14.0. The highest BCUT2D eigenvalue weighted by atomic mass is 32.1. The number of hydrogen-bond donors (Lipinski definition) is 2. The molecule has 39 heavy (non-hydrogen) atoms. The van der Waals surface area contributed by atoms with Gasteiger partial charge in [-0.25, -0.2) is 9.97 Å². The van der Waals surface area contributed by atoms with Gasteiger partial charge in [0.1, 0.15) is 12.1 Å². The zero-order chi connectivity index (χ0) is 27.0. The van der Waals surface area contributed by atoms with E-state index in [2.05, 4.69) is 41.5 Å². The summed E-state index contributed by atoms with van der Waals surface area (Å²) in [4.78, 5) is 18.1. The summed E-state index contributed by atoms with van der Waals surface area (Å²) >= 11 is 5.68. The Labute approximate surface area is 236 Å². The third-order valence-electron chi connectivity index (χ3n) is 7.60. The highest BCUT2D eigenvalue weighted by molar-refractivity contribution is 7.80. The first kappa shape index (κ1) is 27.3. The fraction of sp³-hybridized carbons (Fsp3) is 0.517. The van der Waals surface area contributed by atoms with Crippen molar-refractivity contribution < 1.29 is 9.47 Å². The normalized spacial score (nSPS) is 17.7. The second-order valence-corrected chi connectivity index (χ2v) is 10.7. The molecule has 2 N–H and O–H groups in total. The van der Waals surface area contributed by atoms with E-state index in [1.165, 1.54) is 19.3 Å². The number of piperidine rings is 1. The highest BCUT2D eigenvalue weighted by Crippen LogP contribution is 2.35. The highest BCUT2D eigenvalue weighted by Gasteiger charge is 2.22. The molecule has 2 aliphatic rings. The minimum atomic E-state index is 0.671. The maximum absolute atomic E-state index is 6.16. The lowest BCUT2D eigenvalue weighted by molar-refractivity contribution is 0.264. The number of pyridine rings is 1. The van der Waals surface area contributed by atoms with Gasteiger partial charge < -0.3 is 29.9 Å². The van der Waals surface area contributed by atoms with Crippen molar-refractivity contribution in [2.24, 2.45) is 5.92 Å². The molecular formula is C29H39N7O2S. The number of benzene rings is 1. The summed E-state index contributed by atoms with van der Waals surface area (Å²) in [6.07, 6.45) is 8.33. The number of aryl methyl sites for hydroxylation is 1. The van der Waals surface area contributed by atoms with E-state index in [9.17, 15) is 0 Å². The van der Waals surface area contributed by atoms with E-state index in [1.807, 2.05) is 31.3 Å². The average molecular weight is 550 g/mol. The molecule has 0 spiro atoms.